The van der Waals surface area contributed by atoms with Crippen molar-refractivity contribution in [3.8, 4) is 0 Å². The molecule has 0 saturated heterocycles. The molecule has 0 fully saturated rings. The lowest BCUT2D eigenvalue weighted by molar-refractivity contribution is -0.118. The SMILES string of the molecule is C=CCCC(=O)Cc1ccc(I)cc1. The van der Waals surface area contributed by atoms with Gasteiger partial charge >= 0.3 is 0 Å². The lowest BCUT2D eigenvalue weighted by atomic mass is 10.1. The van der Waals surface area contributed by atoms with Crippen LogP contribution >= 0.6 is 22.6 Å². The van der Waals surface area contributed by atoms with Gasteiger partial charge in [0.05, 0.1) is 0 Å². The number of carbonyl (C=O) groups is 1. The van der Waals surface area contributed by atoms with E-state index in [0.717, 1.165) is 12.0 Å². The van der Waals surface area contributed by atoms with Gasteiger partial charge in [0.25, 0.3) is 0 Å². The highest BCUT2D eigenvalue weighted by Gasteiger charge is 2.01. The minimum absolute atomic E-state index is 0.283. The average Bonchev–Trinajstić information content (AvgIpc) is 2.18. The van der Waals surface area contributed by atoms with E-state index < -0.39 is 0 Å². The molecule has 0 spiro atoms. The summed E-state index contributed by atoms with van der Waals surface area (Å²) in [4.78, 5) is 11.4. The van der Waals surface area contributed by atoms with Gasteiger partial charge in [-0.2, -0.15) is 0 Å². The van der Waals surface area contributed by atoms with Gasteiger partial charge in [-0.15, -0.1) is 6.58 Å². The third kappa shape index (κ3) is 4.05. The fourth-order valence-corrected chi connectivity index (χ4v) is 1.54. The van der Waals surface area contributed by atoms with Crippen LogP contribution in [-0.2, 0) is 11.2 Å². The van der Waals surface area contributed by atoms with Gasteiger partial charge in [-0.25, -0.2) is 0 Å². The van der Waals surface area contributed by atoms with Crippen LogP contribution < -0.4 is 0 Å². The van der Waals surface area contributed by atoms with E-state index in [4.69, 9.17) is 0 Å². The monoisotopic (exact) mass is 300 g/mol. The van der Waals surface area contributed by atoms with Crippen molar-refractivity contribution in [2.24, 2.45) is 0 Å². The first-order valence-corrected chi connectivity index (χ1v) is 5.67. The molecule has 1 aromatic carbocycles. The maximum atomic E-state index is 11.4. The quantitative estimate of drug-likeness (QED) is 0.602. The number of hydrogen-bond acceptors (Lipinski definition) is 1. The van der Waals surface area contributed by atoms with Gasteiger partial charge in [0.2, 0.25) is 0 Å². The Hall–Kier alpha value is -0.640. The van der Waals surface area contributed by atoms with E-state index >= 15 is 0 Å². The highest BCUT2D eigenvalue weighted by Crippen LogP contribution is 2.08. The molecule has 0 bridgehead atoms. The van der Waals surface area contributed by atoms with E-state index in [1.54, 1.807) is 6.08 Å². The maximum Gasteiger partial charge on any atom is 0.137 e. The second-order valence-electron chi connectivity index (χ2n) is 3.17. The van der Waals surface area contributed by atoms with Gasteiger partial charge in [-0.05, 0) is 46.7 Å². The van der Waals surface area contributed by atoms with Crippen molar-refractivity contribution >= 4 is 28.4 Å². The summed E-state index contributed by atoms with van der Waals surface area (Å²) in [5.41, 5.74) is 1.10. The molecule has 0 N–H and O–H groups in total. The Morgan fingerprint density at radius 2 is 2.00 bits per heavy atom. The number of allylic oxidation sites excluding steroid dienone is 1. The molecule has 0 aliphatic carbocycles. The minimum atomic E-state index is 0.283. The number of halogens is 1. The Balaban J connectivity index is 2.47. The normalized spacial score (nSPS) is 9.79. The molecule has 74 valence electrons. The van der Waals surface area contributed by atoms with E-state index in [1.807, 2.05) is 24.3 Å². The van der Waals surface area contributed by atoms with E-state index in [1.165, 1.54) is 3.57 Å². The summed E-state index contributed by atoms with van der Waals surface area (Å²) in [5, 5.41) is 0. The number of carbonyl (C=O) groups excluding carboxylic acids is 1. The van der Waals surface area contributed by atoms with E-state index in [-0.39, 0.29) is 5.78 Å². The third-order valence-corrected chi connectivity index (χ3v) is 2.66. The van der Waals surface area contributed by atoms with Crippen LogP contribution in [0.4, 0.5) is 0 Å². The van der Waals surface area contributed by atoms with Gasteiger partial charge in [-0.1, -0.05) is 18.2 Å². The highest BCUT2D eigenvalue weighted by molar-refractivity contribution is 14.1. The van der Waals surface area contributed by atoms with Crippen molar-refractivity contribution in [1.82, 2.24) is 0 Å². The minimum Gasteiger partial charge on any atom is -0.299 e. The summed E-state index contributed by atoms with van der Waals surface area (Å²) in [5.74, 6) is 0.283. The van der Waals surface area contributed by atoms with Crippen LogP contribution in [0.3, 0.4) is 0 Å². The predicted octanol–water partition coefficient (Wildman–Crippen LogP) is 3.37. The number of hydrogen-bond donors (Lipinski definition) is 0. The molecule has 1 aromatic rings. The van der Waals surface area contributed by atoms with Gasteiger partial charge in [-0.3, -0.25) is 4.79 Å². The van der Waals surface area contributed by atoms with Crippen LogP contribution in [0.2, 0.25) is 0 Å². The lowest BCUT2D eigenvalue weighted by Crippen LogP contribution is -2.01. The molecule has 2 heteroatoms. The van der Waals surface area contributed by atoms with E-state index in [9.17, 15) is 4.79 Å². The molecule has 0 aliphatic rings. The van der Waals surface area contributed by atoms with Gasteiger partial charge in [0.15, 0.2) is 0 Å². The summed E-state index contributed by atoms with van der Waals surface area (Å²) >= 11 is 2.25. The molecular weight excluding hydrogens is 287 g/mol. The number of rotatable bonds is 5. The summed E-state index contributed by atoms with van der Waals surface area (Å²) in [6, 6.07) is 8.06. The Labute approximate surface area is 98.4 Å². The molecule has 0 atom stereocenters. The zero-order chi connectivity index (χ0) is 10.4. The molecule has 1 nitrogen and oxygen atoms in total. The first kappa shape index (κ1) is 11.4. The van der Waals surface area contributed by atoms with Crippen molar-refractivity contribution in [2.45, 2.75) is 19.3 Å². The zero-order valence-corrected chi connectivity index (χ0v) is 10.2. The molecule has 0 radical (unpaired) electrons. The standard InChI is InChI=1S/C12H13IO/c1-2-3-4-12(14)9-10-5-7-11(13)8-6-10/h2,5-8H,1,3-4,9H2. The second kappa shape index (κ2) is 5.96. The van der Waals surface area contributed by atoms with Crippen LogP contribution in [0.25, 0.3) is 0 Å². The molecule has 0 amide bonds. The van der Waals surface area contributed by atoms with Crippen LogP contribution in [0.15, 0.2) is 36.9 Å². The zero-order valence-electron chi connectivity index (χ0n) is 8.00. The highest BCUT2D eigenvalue weighted by atomic mass is 127. The predicted molar refractivity (Wildman–Crippen MR) is 67.3 cm³/mol. The summed E-state index contributed by atoms with van der Waals surface area (Å²) < 4.78 is 1.20. The van der Waals surface area contributed by atoms with Gasteiger partial charge in [0.1, 0.15) is 5.78 Å². The van der Waals surface area contributed by atoms with Crippen molar-refractivity contribution in [3.05, 3.63) is 46.1 Å². The molecule has 14 heavy (non-hydrogen) atoms. The summed E-state index contributed by atoms with van der Waals surface area (Å²) in [6.45, 7) is 3.60. The Bertz CT molecular complexity index is 314. The Morgan fingerprint density at radius 3 is 2.57 bits per heavy atom. The van der Waals surface area contributed by atoms with Gasteiger partial charge < -0.3 is 0 Å². The molecule has 0 unspecified atom stereocenters. The van der Waals surface area contributed by atoms with Crippen LogP contribution in [0.1, 0.15) is 18.4 Å². The summed E-state index contributed by atoms with van der Waals surface area (Å²) in [7, 11) is 0. The van der Waals surface area contributed by atoms with Crippen LogP contribution in [0.5, 0.6) is 0 Å². The molecule has 0 aliphatic heterocycles. The average molecular weight is 300 g/mol. The second-order valence-corrected chi connectivity index (χ2v) is 4.41. The molecule has 1 rings (SSSR count). The largest absolute Gasteiger partial charge is 0.299 e. The fourth-order valence-electron chi connectivity index (χ4n) is 1.18. The van der Waals surface area contributed by atoms with E-state index in [0.29, 0.717) is 12.8 Å². The number of benzene rings is 1. The third-order valence-electron chi connectivity index (χ3n) is 1.94. The maximum absolute atomic E-state index is 11.4. The fraction of sp³-hybridized carbons (Fsp3) is 0.250. The summed E-state index contributed by atoms with van der Waals surface area (Å²) in [6.07, 6.45) is 3.72. The van der Waals surface area contributed by atoms with E-state index in [2.05, 4.69) is 29.2 Å². The van der Waals surface area contributed by atoms with Gasteiger partial charge in [0, 0.05) is 16.4 Å². The first-order chi connectivity index (χ1) is 6.72. The Kier molecular flexibility index (Phi) is 4.87. The number of ketones is 1. The number of Topliss-reactive ketones (excluding diaryl/α,β-unsaturated/α-hetero) is 1. The van der Waals surface area contributed by atoms with Crippen molar-refractivity contribution < 1.29 is 4.79 Å². The first-order valence-electron chi connectivity index (χ1n) is 4.59. The molecule has 0 saturated carbocycles. The van der Waals surface area contributed by atoms with Crippen LogP contribution in [-0.4, -0.2) is 5.78 Å². The molecular formula is C12H13IO. The smallest absolute Gasteiger partial charge is 0.137 e. The lowest BCUT2D eigenvalue weighted by Gasteiger charge is -1.99. The van der Waals surface area contributed by atoms with Crippen molar-refractivity contribution in [3.63, 3.8) is 0 Å². The Morgan fingerprint density at radius 1 is 1.36 bits per heavy atom. The molecule has 0 heterocycles. The van der Waals surface area contributed by atoms with Crippen molar-refractivity contribution in [1.29, 1.82) is 0 Å². The van der Waals surface area contributed by atoms with Crippen LogP contribution in [0, 0.1) is 3.57 Å². The topological polar surface area (TPSA) is 17.1 Å². The molecule has 0 aromatic heterocycles. The van der Waals surface area contributed by atoms with Crippen molar-refractivity contribution in [2.75, 3.05) is 0 Å².